The van der Waals surface area contributed by atoms with E-state index in [0.29, 0.717) is 25.8 Å². The second kappa shape index (κ2) is 9.23. The van der Waals surface area contributed by atoms with Gasteiger partial charge < -0.3 is 0 Å². The van der Waals surface area contributed by atoms with Gasteiger partial charge in [0.15, 0.2) is 0 Å². The Balaban J connectivity index is 2.31. The molecule has 0 aliphatic heterocycles. The molecule has 2 N–H and O–H groups in total. The van der Waals surface area contributed by atoms with E-state index in [9.17, 15) is 13.8 Å². The summed E-state index contributed by atoms with van der Waals surface area (Å²) in [6.07, 6.45) is 4.23. The minimum atomic E-state index is -2.80. The van der Waals surface area contributed by atoms with E-state index in [-0.39, 0.29) is 11.6 Å². The maximum absolute atomic E-state index is 13.2. The van der Waals surface area contributed by atoms with E-state index in [1.54, 1.807) is 6.92 Å². The van der Waals surface area contributed by atoms with Crippen molar-refractivity contribution in [2.45, 2.75) is 65.7 Å². The molecule has 0 aromatic heterocycles. The van der Waals surface area contributed by atoms with Gasteiger partial charge in [-0.15, -0.1) is 5.92 Å². The van der Waals surface area contributed by atoms with Crippen LogP contribution >= 0.6 is 0 Å². The summed E-state index contributed by atoms with van der Waals surface area (Å²) in [7, 11) is -2.80. The average molecular weight is 417 g/mol. The van der Waals surface area contributed by atoms with Gasteiger partial charge in [-0.1, -0.05) is 19.3 Å². The number of ketones is 2. The van der Waals surface area contributed by atoms with Crippen LogP contribution in [0.4, 0.5) is 0 Å². The third kappa shape index (κ3) is 5.77. The normalized spacial score (nSPS) is 24.0. The molecule has 0 saturated heterocycles. The predicted octanol–water partition coefficient (Wildman–Crippen LogP) is 4.05. The van der Waals surface area contributed by atoms with Crippen molar-refractivity contribution in [2.75, 3.05) is 12.8 Å². The highest BCUT2D eigenvalue weighted by molar-refractivity contribution is 7.89. The molecule has 6 heteroatoms. The van der Waals surface area contributed by atoms with Crippen LogP contribution in [-0.2, 0) is 19.5 Å². The predicted molar refractivity (Wildman–Crippen MR) is 117 cm³/mol. The number of hydrogen-bond donors (Lipinski definition) is 2. The summed E-state index contributed by atoms with van der Waals surface area (Å²) in [5.41, 5.74) is 3.17. The fourth-order valence-electron chi connectivity index (χ4n) is 4.67. The van der Waals surface area contributed by atoms with E-state index in [2.05, 4.69) is 16.6 Å². The van der Waals surface area contributed by atoms with Crippen LogP contribution in [0.5, 0.6) is 0 Å². The van der Waals surface area contributed by atoms with Crippen molar-refractivity contribution in [1.29, 1.82) is 4.78 Å². The fourth-order valence-corrected chi connectivity index (χ4v) is 5.17. The molecule has 1 fully saturated rings. The lowest BCUT2D eigenvalue weighted by Crippen LogP contribution is -2.41. The largest absolute Gasteiger partial charge is 0.299 e. The number of carbonyl (C=O) groups is 2. The zero-order valence-corrected chi connectivity index (χ0v) is 18.9. The van der Waals surface area contributed by atoms with Gasteiger partial charge >= 0.3 is 0 Å². The van der Waals surface area contributed by atoms with Gasteiger partial charge in [-0.3, -0.25) is 9.59 Å². The molecule has 1 atom stereocenters. The van der Waals surface area contributed by atoms with E-state index in [1.165, 1.54) is 6.26 Å². The van der Waals surface area contributed by atoms with E-state index in [4.69, 9.17) is 4.78 Å². The first-order valence-corrected chi connectivity index (χ1v) is 12.1. The molecule has 0 radical (unpaired) electrons. The molecular formula is C23H32N2O3S. The second-order valence-electron chi connectivity index (χ2n) is 8.36. The average Bonchev–Trinajstić information content (AvgIpc) is 2.56. The number of carbonyl (C=O) groups excluding carboxylic acids is 2. The topological polar surface area (TPSA) is 87.1 Å². The molecule has 158 valence electrons. The van der Waals surface area contributed by atoms with Crippen molar-refractivity contribution in [2.24, 2.45) is 5.41 Å². The zero-order chi connectivity index (χ0) is 21.8. The molecule has 2 rings (SSSR count). The monoisotopic (exact) mass is 416 g/mol. The molecule has 0 spiro atoms. The third-order valence-corrected chi connectivity index (χ3v) is 6.46. The van der Waals surface area contributed by atoms with E-state index >= 15 is 0 Å². The lowest BCUT2D eigenvalue weighted by atomic mass is 9.63. The molecular weight excluding hydrogens is 384 g/mol. The Morgan fingerprint density at radius 3 is 2.17 bits per heavy atom. The highest BCUT2D eigenvalue weighted by atomic mass is 32.2. The molecule has 1 aliphatic carbocycles. The molecule has 1 aromatic rings. The number of nitrogens with one attached hydrogen (secondary N) is 2. The number of Topliss-reactive ketones (excluding diaryl/α,β-unsaturated/α-hetero) is 2. The maximum atomic E-state index is 13.2. The molecule has 1 saturated carbocycles. The van der Waals surface area contributed by atoms with Crippen molar-refractivity contribution < 1.29 is 13.8 Å². The van der Waals surface area contributed by atoms with Gasteiger partial charge in [-0.25, -0.2) is 13.7 Å². The van der Waals surface area contributed by atoms with Gasteiger partial charge in [0, 0.05) is 31.2 Å². The Labute approximate surface area is 175 Å². The van der Waals surface area contributed by atoms with Crippen LogP contribution in [0.15, 0.2) is 12.1 Å². The molecule has 0 heterocycles. The Morgan fingerprint density at radius 1 is 1.17 bits per heavy atom. The van der Waals surface area contributed by atoms with Crippen LogP contribution < -0.4 is 4.72 Å². The fraction of sp³-hybridized carbons (Fsp3) is 0.565. The lowest BCUT2D eigenvalue weighted by molar-refractivity contribution is -0.137. The summed E-state index contributed by atoms with van der Waals surface area (Å²) in [6.45, 7) is 8.08. The molecule has 0 amide bonds. The Hall–Kier alpha value is -1.97. The Morgan fingerprint density at radius 2 is 1.72 bits per heavy atom. The van der Waals surface area contributed by atoms with Crippen molar-refractivity contribution in [3.63, 3.8) is 0 Å². The molecule has 1 unspecified atom stereocenters. The summed E-state index contributed by atoms with van der Waals surface area (Å²) < 4.78 is 21.8. The first-order valence-electron chi connectivity index (χ1n) is 10.1. The smallest absolute Gasteiger partial charge is 0.148 e. The number of hydrogen-bond acceptors (Lipinski definition) is 4. The van der Waals surface area contributed by atoms with Crippen LogP contribution in [0.25, 0.3) is 0 Å². The van der Waals surface area contributed by atoms with Crippen LogP contribution in [0, 0.1) is 35.9 Å². The van der Waals surface area contributed by atoms with E-state index in [1.807, 2.05) is 32.9 Å². The maximum Gasteiger partial charge on any atom is 0.148 e. The summed E-state index contributed by atoms with van der Waals surface area (Å²) in [4.78, 5) is 26.4. The first kappa shape index (κ1) is 23.3. The molecule has 1 aromatic carbocycles. The highest BCUT2D eigenvalue weighted by Crippen LogP contribution is 2.45. The zero-order valence-electron chi connectivity index (χ0n) is 18.1. The number of rotatable bonds is 7. The summed E-state index contributed by atoms with van der Waals surface area (Å²) >= 11 is 0. The standard InChI is InChI=1S/C23H32N2O3S/c1-6-8-18-12-16(3)21(17(4)13-18)22-19(26)14-23(9-7-2,15-20(22)27)10-11-25-29(5,24)28/h12-13,22H,7,9-11,14-15H2,1-5H3,(H2,24,25,28). The van der Waals surface area contributed by atoms with Gasteiger partial charge in [0.25, 0.3) is 0 Å². The summed E-state index contributed by atoms with van der Waals surface area (Å²) in [6, 6.07) is 3.90. The summed E-state index contributed by atoms with van der Waals surface area (Å²) in [5, 5.41) is 0. The number of benzene rings is 1. The molecule has 1 aliphatic rings. The van der Waals surface area contributed by atoms with Gasteiger partial charge in [-0.2, -0.15) is 0 Å². The van der Waals surface area contributed by atoms with Crippen LogP contribution in [0.1, 0.15) is 74.1 Å². The first-order chi connectivity index (χ1) is 13.5. The van der Waals surface area contributed by atoms with Gasteiger partial charge in [0.05, 0.1) is 0 Å². The SMILES string of the molecule is CC#Cc1cc(C)c(C2C(=O)CC(CCC)(CCNS(C)(=N)=O)CC2=O)c(C)c1. The summed E-state index contributed by atoms with van der Waals surface area (Å²) in [5.74, 6) is 5.16. The van der Waals surface area contributed by atoms with Crippen molar-refractivity contribution in [3.05, 3.63) is 34.4 Å². The van der Waals surface area contributed by atoms with Crippen molar-refractivity contribution in [3.8, 4) is 11.8 Å². The van der Waals surface area contributed by atoms with Gasteiger partial charge in [0.2, 0.25) is 0 Å². The quantitative estimate of drug-likeness (QED) is 0.519. The van der Waals surface area contributed by atoms with E-state index in [0.717, 1.165) is 35.1 Å². The Bertz CT molecular complexity index is 927. The van der Waals surface area contributed by atoms with E-state index < -0.39 is 21.2 Å². The van der Waals surface area contributed by atoms with Crippen molar-refractivity contribution >= 4 is 21.5 Å². The Kier molecular flexibility index (Phi) is 7.42. The molecule has 5 nitrogen and oxygen atoms in total. The molecule has 29 heavy (non-hydrogen) atoms. The van der Waals surface area contributed by atoms with Gasteiger partial charge in [0.1, 0.15) is 27.4 Å². The van der Waals surface area contributed by atoms with Crippen LogP contribution in [-0.4, -0.2) is 28.6 Å². The lowest BCUT2D eigenvalue weighted by Gasteiger charge is -2.39. The number of aryl methyl sites for hydroxylation is 2. The minimum absolute atomic E-state index is 0.0293. The van der Waals surface area contributed by atoms with Crippen LogP contribution in [0.3, 0.4) is 0 Å². The molecule has 0 bridgehead atoms. The highest BCUT2D eigenvalue weighted by Gasteiger charge is 2.45. The third-order valence-electron chi connectivity index (χ3n) is 5.71. The minimum Gasteiger partial charge on any atom is -0.299 e. The van der Waals surface area contributed by atoms with Crippen LogP contribution in [0.2, 0.25) is 0 Å². The van der Waals surface area contributed by atoms with Gasteiger partial charge in [-0.05, 0) is 67.9 Å². The second-order valence-corrected chi connectivity index (χ2v) is 10.3. The van der Waals surface area contributed by atoms with Crippen molar-refractivity contribution in [1.82, 2.24) is 4.72 Å².